The Hall–Kier alpha value is -2.72. The van der Waals surface area contributed by atoms with Gasteiger partial charge < -0.3 is 4.90 Å². The molecule has 0 radical (unpaired) electrons. The summed E-state index contributed by atoms with van der Waals surface area (Å²) < 4.78 is 0. The topological polar surface area (TPSA) is 46.1 Å². The first-order valence-electron chi connectivity index (χ1n) is 7.67. The monoisotopic (exact) mass is 335 g/mol. The Labute approximate surface area is 144 Å². The SMILES string of the molecule is O=C(c1ncncc1Cl)N1C[C@@H](c2ccccc2)c2ccccc21. The summed E-state index contributed by atoms with van der Waals surface area (Å²) in [5.41, 5.74) is 3.47. The van der Waals surface area contributed by atoms with Gasteiger partial charge in [-0.05, 0) is 17.2 Å². The molecule has 1 aromatic heterocycles. The molecule has 0 saturated carbocycles. The van der Waals surface area contributed by atoms with Gasteiger partial charge in [0.05, 0.1) is 5.02 Å². The molecule has 4 rings (SSSR count). The molecule has 1 aliphatic heterocycles. The highest BCUT2D eigenvalue weighted by Crippen LogP contribution is 2.40. The Balaban J connectivity index is 1.76. The molecule has 24 heavy (non-hydrogen) atoms. The Bertz CT molecular complexity index is 898. The number of para-hydroxylation sites is 1. The van der Waals surface area contributed by atoms with Crippen molar-refractivity contribution < 1.29 is 4.79 Å². The second kappa shape index (κ2) is 6.06. The largest absolute Gasteiger partial charge is 0.306 e. The van der Waals surface area contributed by atoms with Crippen molar-refractivity contribution in [3.63, 3.8) is 0 Å². The fourth-order valence-electron chi connectivity index (χ4n) is 3.17. The molecular formula is C19H14ClN3O. The van der Waals surface area contributed by atoms with E-state index in [1.807, 2.05) is 36.4 Å². The van der Waals surface area contributed by atoms with Crippen molar-refractivity contribution in [2.45, 2.75) is 5.92 Å². The third kappa shape index (κ3) is 2.45. The van der Waals surface area contributed by atoms with Crippen molar-refractivity contribution in [1.82, 2.24) is 9.97 Å². The van der Waals surface area contributed by atoms with E-state index in [0.717, 1.165) is 11.3 Å². The Kier molecular flexibility index (Phi) is 3.75. The standard InChI is InChI=1S/C19H14ClN3O/c20-16-10-21-12-22-18(16)19(24)23-11-15(13-6-2-1-3-7-13)14-8-4-5-9-17(14)23/h1-10,12,15H,11H2/t15-/m0/s1. The summed E-state index contributed by atoms with van der Waals surface area (Å²) in [6.45, 7) is 0.572. The maximum absolute atomic E-state index is 13.0. The van der Waals surface area contributed by atoms with Crippen LogP contribution in [0, 0.1) is 0 Å². The minimum Gasteiger partial charge on any atom is -0.306 e. The second-order valence-electron chi connectivity index (χ2n) is 5.66. The lowest BCUT2D eigenvalue weighted by molar-refractivity contribution is 0.0984. The van der Waals surface area contributed by atoms with Gasteiger partial charge in [-0.1, -0.05) is 60.1 Å². The quantitative estimate of drug-likeness (QED) is 0.713. The number of aromatic nitrogens is 2. The number of halogens is 1. The number of benzene rings is 2. The van der Waals surface area contributed by atoms with Crippen LogP contribution in [-0.4, -0.2) is 22.4 Å². The summed E-state index contributed by atoms with van der Waals surface area (Å²) in [4.78, 5) is 22.6. The minimum atomic E-state index is -0.201. The zero-order chi connectivity index (χ0) is 16.5. The highest BCUT2D eigenvalue weighted by Gasteiger charge is 2.34. The third-order valence-corrected chi connectivity index (χ3v) is 4.56. The third-order valence-electron chi connectivity index (χ3n) is 4.29. The number of hydrogen-bond acceptors (Lipinski definition) is 3. The number of carbonyl (C=O) groups is 1. The van der Waals surface area contributed by atoms with Crippen LogP contribution in [0.1, 0.15) is 27.5 Å². The predicted molar refractivity (Wildman–Crippen MR) is 93.4 cm³/mol. The van der Waals surface area contributed by atoms with Gasteiger partial charge in [0, 0.05) is 24.3 Å². The van der Waals surface area contributed by atoms with E-state index in [0.29, 0.717) is 6.54 Å². The fourth-order valence-corrected chi connectivity index (χ4v) is 3.35. The van der Waals surface area contributed by atoms with Crippen molar-refractivity contribution in [2.75, 3.05) is 11.4 Å². The summed E-state index contributed by atoms with van der Waals surface area (Å²) in [7, 11) is 0. The van der Waals surface area contributed by atoms with Gasteiger partial charge in [-0.25, -0.2) is 9.97 Å². The second-order valence-corrected chi connectivity index (χ2v) is 6.06. The lowest BCUT2D eigenvalue weighted by Gasteiger charge is -2.18. The van der Waals surface area contributed by atoms with Gasteiger partial charge in [0.1, 0.15) is 6.33 Å². The molecule has 0 bridgehead atoms. The van der Waals surface area contributed by atoms with Crippen LogP contribution in [0.4, 0.5) is 5.69 Å². The maximum Gasteiger partial charge on any atom is 0.278 e. The van der Waals surface area contributed by atoms with E-state index in [4.69, 9.17) is 11.6 Å². The minimum absolute atomic E-state index is 0.145. The number of nitrogens with zero attached hydrogens (tertiary/aromatic N) is 3. The number of rotatable bonds is 2. The average molecular weight is 336 g/mol. The van der Waals surface area contributed by atoms with Crippen LogP contribution in [0.25, 0.3) is 0 Å². The van der Waals surface area contributed by atoms with Gasteiger partial charge in [-0.3, -0.25) is 4.79 Å². The van der Waals surface area contributed by atoms with Crippen molar-refractivity contribution in [2.24, 2.45) is 0 Å². The van der Waals surface area contributed by atoms with Gasteiger partial charge in [0.2, 0.25) is 0 Å². The van der Waals surface area contributed by atoms with E-state index in [1.54, 1.807) is 4.90 Å². The normalized spacial score (nSPS) is 16.0. The van der Waals surface area contributed by atoms with Crippen LogP contribution in [0.3, 0.4) is 0 Å². The maximum atomic E-state index is 13.0. The van der Waals surface area contributed by atoms with E-state index in [-0.39, 0.29) is 22.5 Å². The summed E-state index contributed by atoms with van der Waals surface area (Å²) in [6, 6.07) is 18.2. The average Bonchev–Trinajstić information content (AvgIpc) is 3.02. The zero-order valence-corrected chi connectivity index (χ0v) is 13.5. The van der Waals surface area contributed by atoms with Crippen LogP contribution in [0.5, 0.6) is 0 Å². The van der Waals surface area contributed by atoms with Crippen LogP contribution < -0.4 is 4.90 Å². The molecule has 0 N–H and O–H groups in total. The number of carbonyl (C=O) groups excluding carboxylic acids is 1. The van der Waals surface area contributed by atoms with E-state index in [2.05, 4.69) is 28.2 Å². The molecule has 0 fully saturated rings. The molecule has 1 atom stereocenters. The number of amides is 1. The first-order valence-corrected chi connectivity index (χ1v) is 8.05. The van der Waals surface area contributed by atoms with Crippen molar-refractivity contribution in [3.05, 3.63) is 89.0 Å². The predicted octanol–water partition coefficient (Wildman–Crippen LogP) is 3.92. The molecule has 0 saturated heterocycles. The molecule has 2 aromatic carbocycles. The summed E-state index contributed by atoms with van der Waals surface area (Å²) in [6.07, 6.45) is 2.79. The number of fused-ring (bicyclic) bond motifs is 1. The van der Waals surface area contributed by atoms with Gasteiger partial charge >= 0.3 is 0 Å². The van der Waals surface area contributed by atoms with Crippen LogP contribution in [0.2, 0.25) is 5.02 Å². The van der Waals surface area contributed by atoms with Crippen molar-refractivity contribution in [3.8, 4) is 0 Å². The van der Waals surface area contributed by atoms with E-state index < -0.39 is 0 Å². The molecule has 4 nitrogen and oxygen atoms in total. The summed E-state index contributed by atoms with van der Waals surface area (Å²) in [5, 5.41) is 0.267. The van der Waals surface area contributed by atoms with Gasteiger partial charge in [0.15, 0.2) is 5.69 Å². The van der Waals surface area contributed by atoms with Crippen LogP contribution >= 0.6 is 11.6 Å². The molecule has 0 aliphatic carbocycles. The first kappa shape index (κ1) is 14.8. The molecule has 1 aliphatic rings. The Morgan fingerprint density at radius 3 is 2.62 bits per heavy atom. The highest BCUT2D eigenvalue weighted by molar-refractivity contribution is 6.34. The summed E-state index contributed by atoms with van der Waals surface area (Å²) in [5.74, 6) is -0.0553. The lowest BCUT2D eigenvalue weighted by atomic mass is 9.93. The fraction of sp³-hybridized carbons (Fsp3) is 0.105. The van der Waals surface area contributed by atoms with Crippen molar-refractivity contribution >= 4 is 23.2 Å². The van der Waals surface area contributed by atoms with E-state index in [1.165, 1.54) is 18.1 Å². The number of anilines is 1. The van der Waals surface area contributed by atoms with Gasteiger partial charge in [0.25, 0.3) is 5.91 Å². The summed E-state index contributed by atoms with van der Waals surface area (Å²) >= 11 is 6.11. The van der Waals surface area contributed by atoms with Crippen molar-refractivity contribution in [1.29, 1.82) is 0 Å². The molecule has 0 spiro atoms. The van der Waals surface area contributed by atoms with E-state index in [9.17, 15) is 4.79 Å². The lowest BCUT2D eigenvalue weighted by Crippen LogP contribution is -2.31. The molecule has 118 valence electrons. The molecule has 1 amide bonds. The highest BCUT2D eigenvalue weighted by atomic mass is 35.5. The zero-order valence-electron chi connectivity index (χ0n) is 12.8. The molecule has 5 heteroatoms. The van der Waals surface area contributed by atoms with Crippen LogP contribution in [-0.2, 0) is 0 Å². The van der Waals surface area contributed by atoms with Gasteiger partial charge in [-0.15, -0.1) is 0 Å². The van der Waals surface area contributed by atoms with Gasteiger partial charge in [-0.2, -0.15) is 0 Å². The van der Waals surface area contributed by atoms with E-state index >= 15 is 0 Å². The Morgan fingerprint density at radius 1 is 1.08 bits per heavy atom. The first-order chi connectivity index (χ1) is 11.8. The molecular weight excluding hydrogens is 322 g/mol. The Morgan fingerprint density at radius 2 is 1.83 bits per heavy atom. The number of hydrogen-bond donors (Lipinski definition) is 0. The molecule has 0 unspecified atom stereocenters. The molecule has 3 aromatic rings. The smallest absolute Gasteiger partial charge is 0.278 e. The van der Waals surface area contributed by atoms with Crippen LogP contribution in [0.15, 0.2) is 67.1 Å². The molecule has 2 heterocycles.